The Kier molecular flexibility index (Phi) is 5.26. The second-order valence-corrected chi connectivity index (χ2v) is 4.12. The zero-order valence-corrected chi connectivity index (χ0v) is 11.7. The van der Waals surface area contributed by atoms with Gasteiger partial charge in [0.2, 0.25) is 0 Å². The number of methoxy groups -OCH3 is 3. The molecule has 0 radical (unpaired) electrons. The molecule has 3 N–H and O–H groups in total. The van der Waals surface area contributed by atoms with Crippen LogP contribution in [-0.2, 0) is 4.79 Å². The van der Waals surface area contributed by atoms with Crippen LogP contribution in [0.1, 0.15) is 18.0 Å². The van der Waals surface area contributed by atoms with E-state index in [-0.39, 0.29) is 11.4 Å². The smallest absolute Gasteiger partial charge is 0.305 e. The van der Waals surface area contributed by atoms with Crippen molar-refractivity contribution in [2.45, 2.75) is 12.5 Å². The van der Waals surface area contributed by atoms with E-state index in [4.69, 9.17) is 36.7 Å². The summed E-state index contributed by atoms with van der Waals surface area (Å²) >= 11 is 6.17. The van der Waals surface area contributed by atoms with E-state index >= 15 is 0 Å². The van der Waals surface area contributed by atoms with Gasteiger partial charge in [-0.25, -0.2) is 0 Å². The summed E-state index contributed by atoms with van der Waals surface area (Å²) in [4.78, 5) is 10.8. The summed E-state index contributed by atoms with van der Waals surface area (Å²) in [5.74, 6) is -0.01000. The molecule has 1 aromatic carbocycles. The largest absolute Gasteiger partial charge is 0.495 e. The lowest BCUT2D eigenvalue weighted by Crippen LogP contribution is -2.17. The third-order valence-corrected chi connectivity index (χ3v) is 2.98. The molecule has 0 fully saturated rings. The molecule has 0 spiro atoms. The Morgan fingerprint density at radius 3 is 2.32 bits per heavy atom. The molecule has 7 heteroatoms. The van der Waals surface area contributed by atoms with Crippen LogP contribution in [0.4, 0.5) is 0 Å². The van der Waals surface area contributed by atoms with Gasteiger partial charge in [0.1, 0.15) is 5.75 Å². The Morgan fingerprint density at radius 1 is 1.32 bits per heavy atom. The Labute approximate surface area is 116 Å². The zero-order valence-electron chi connectivity index (χ0n) is 10.9. The van der Waals surface area contributed by atoms with Crippen molar-refractivity contribution in [1.82, 2.24) is 0 Å². The number of carbonyl (C=O) groups is 1. The van der Waals surface area contributed by atoms with Gasteiger partial charge in [-0.2, -0.15) is 0 Å². The SMILES string of the molecule is COc1cc(OC)c(OC)c(C(N)CC(=O)O)c1Cl. The van der Waals surface area contributed by atoms with E-state index < -0.39 is 12.0 Å². The Bertz CT molecular complexity index is 478. The highest BCUT2D eigenvalue weighted by molar-refractivity contribution is 6.33. The van der Waals surface area contributed by atoms with Crippen molar-refractivity contribution < 1.29 is 24.1 Å². The molecule has 1 rings (SSSR count). The fraction of sp³-hybridized carbons (Fsp3) is 0.417. The molecule has 0 aliphatic heterocycles. The monoisotopic (exact) mass is 289 g/mol. The van der Waals surface area contributed by atoms with Crippen LogP contribution >= 0.6 is 11.6 Å². The van der Waals surface area contributed by atoms with Gasteiger partial charge in [0.05, 0.1) is 32.8 Å². The van der Waals surface area contributed by atoms with Crippen LogP contribution < -0.4 is 19.9 Å². The maximum Gasteiger partial charge on any atom is 0.305 e. The molecule has 0 amide bonds. The van der Waals surface area contributed by atoms with Gasteiger partial charge in [-0.15, -0.1) is 0 Å². The van der Waals surface area contributed by atoms with E-state index in [1.54, 1.807) is 6.07 Å². The molecular formula is C12H16ClNO5. The molecular weight excluding hydrogens is 274 g/mol. The van der Waals surface area contributed by atoms with E-state index in [2.05, 4.69) is 0 Å². The average molecular weight is 290 g/mol. The normalized spacial score (nSPS) is 11.8. The number of rotatable bonds is 6. The van der Waals surface area contributed by atoms with E-state index in [0.717, 1.165) is 0 Å². The molecule has 0 aromatic heterocycles. The zero-order chi connectivity index (χ0) is 14.6. The molecule has 0 aliphatic rings. The number of aliphatic carboxylic acids is 1. The first-order valence-electron chi connectivity index (χ1n) is 5.41. The molecule has 1 atom stereocenters. The Hall–Kier alpha value is -1.66. The lowest BCUT2D eigenvalue weighted by Gasteiger charge is -2.20. The molecule has 0 heterocycles. The lowest BCUT2D eigenvalue weighted by atomic mass is 10.0. The minimum Gasteiger partial charge on any atom is -0.495 e. The van der Waals surface area contributed by atoms with Gasteiger partial charge in [0.15, 0.2) is 11.5 Å². The number of carboxylic acid groups (broad SMARTS) is 1. The molecule has 0 saturated carbocycles. The third kappa shape index (κ3) is 3.21. The number of nitrogens with two attached hydrogens (primary N) is 1. The quantitative estimate of drug-likeness (QED) is 0.830. The van der Waals surface area contributed by atoms with Crippen LogP contribution in [0.15, 0.2) is 6.07 Å². The van der Waals surface area contributed by atoms with Gasteiger partial charge in [0, 0.05) is 17.7 Å². The number of carboxylic acids is 1. The third-order valence-electron chi connectivity index (χ3n) is 2.59. The van der Waals surface area contributed by atoms with E-state index in [1.807, 2.05) is 0 Å². The van der Waals surface area contributed by atoms with Crippen molar-refractivity contribution in [3.05, 3.63) is 16.7 Å². The summed E-state index contributed by atoms with van der Waals surface area (Å²) in [5.41, 5.74) is 6.21. The second kappa shape index (κ2) is 6.49. The molecule has 1 unspecified atom stereocenters. The summed E-state index contributed by atoms with van der Waals surface area (Å²) < 4.78 is 15.5. The van der Waals surface area contributed by atoms with Gasteiger partial charge in [-0.1, -0.05) is 11.6 Å². The number of hydrogen-bond acceptors (Lipinski definition) is 5. The van der Waals surface area contributed by atoms with Crippen LogP contribution in [0.3, 0.4) is 0 Å². The van der Waals surface area contributed by atoms with Crippen molar-refractivity contribution >= 4 is 17.6 Å². The van der Waals surface area contributed by atoms with Gasteiger partial charge >= 0.3 is 5.97 Å². The summed E-state index contributed by atoms with van der Waals surface area (Å²) in [7, 11) is 4.33. The Balaban J connectivity index is 3.43. The fourth-order valence-electron chi connectivity index (χ4n) is 1.75. The molecule has 19 heavy (non-hydrogen) atoms. The van der Waals surface area contributed by atoms with Crippen LogP contribution in [-0.4, -0.2) is 32.4 Å². The second-order valence-electron chi connectivity index (χ2n) is 3.75. The first-order chi connectivity index (χ1) is 8.96. The molecule has 0 saturated heterocycles. The minimum atomic E-state index is -1.03. The van der Waals surface area contributed by atoms with Crippen LogP contribution in [0, 0.1) is 0 Å². The molecule has 106 valence electrons. The maximum atomic E-state index is 10.8. The van der Waals surface area contributed by atoms with E-state index in [1.165, 1.54) is 21.3 Å². The lowest BCUT2D eigenvalue weighted by molar-refractivity contribution is -0.137. The van der Waals surface area contributed by atoms with Crippen molar-refractivity contribution in [1.29, 1.82) is 0 Å². The summed E-state index contributed by atoms with van der Waals surface area (Å²) in [5, 5.41) is 9.04. The van der Waals surface area contributed by atoms with Gasteiger partial charge < -0.3 is 25.1 Å². The van der Waals surface area contributed by atoms with Crippen molar-refractivity contribution in [2.75, 3.05) is 21.3 Å². The molecule has 6 nitrogen and oxygen atoms in total. The highest BCUT2D eigenvalue weighted by Gasteiger charge is 2.25. The van der Waals surface area contributed by atoms with Crippen molar-refractivity contribution in [3.63, 3.8) is 0 Å². The average Bonchev–Trinajstić information content (AvgIpc) is 2.36. The first-order valence-corrected chi connectivity index (χ1v) is 5.79. The predicted octanol–water partition coefficient (Wildman–Crippen LogP) is 1.84. The van der Waals surface area contributed by atoms with Gasteiger partial charge in [0.25, 0.3) is 0 Å². The van der Waals surface area contributed by atoms with E-state index in [9.17, 15) is 4.79 Å². The molecule has 1 aromatic rings. The van der Waals surface area contributed by atoms with Gasteiger partial charge in [-0.3, -0.25) is 4.79 Å². The summed E-state index contributed by atoms with van der Waals surface area (Å²) in [6, 6.07) is 0.724. The van der Waals surface area contributed by atoms with Crippen LogP contribution in [0.25, 0.3) is 0 Å². The number of benzene rings is 1. The van der Waals surface area contributed by atoms with Gasteiger partial charge in [-0.05, 0) is 0 Å². The summed E-state index contributed by atoms with van der Waals surface area (Å²) in [6.45, 7) is 0. The number of hydrogen-bond donors (Lipinski definition) is 2. The van der Waals surface area contributed by atoms with Crippen LogP contribution in [0.2, 0.25) is 5.02 Å². The minimum absolute atomic E-state index is 0.217. The van der Waals surface area contributed by atoms with Crippen LogP contribution in [0.5, 0.6) is 17.2 Å². The molecule has 0 bridgehead atoms. The fourth-order valence-corrected chi connectivity index (χ4v) is 2.10. The summed E-state index contributed by atoms with van der Waals surface area (Å²) in [6.07, 6.45) is -0.285. The highest BCUT2D eigenvalue weighted by atomic mass is 35.5. The maximum absolute atomic E-state index is 10.8. The highest BCUT2D eigenvalue weighted by Crippen LogP contribution is 2.45. The topological polar surface area (TPSA) is 91.0 Å². The van der Waals surface area contributed by atoms with Crippen molar-refractivity contribution in [2.24, 2.45) is 5.73 Å². The Morgan fingerprint density at radius 2 is 1.89 bits per heavy atom. The number of halogens is 1. The number of ether oxygens (including phenoxy) is 3. The van der Waals surface area contributed by atoms with Crippen molar-refractivity contribution in [3.8, 4) is 17.2 Å². The first kappa shape index (κ1) is 15.4. The standard InChI is InChI=1S/C12H16ClNO5/c1-17-7-5-8(18-2)12(19-3)10(11(7)13)6(14)4-9(15)16/h5-6H,4,14H2,1-3H3,(H,15,16). The predicted molar refractivity (Wildman–Crippen MR) is 70.3 cm³/mol. The molecule has 0 aliphatic carbocycles. The van der Waals surface area contributed by atoms with E-state index in [0.29, 0.717) is 22.8 Å².